The van der Waals surface area contributed by atoms with Crippen molar-refractivity contribution in [2.24, 2.45) is 28.1 Å². The minimum atomic E-state index is -1.44. The van der Waals surface area contributed by atoms with Crippen LogP contribution in [0.5, 0.6) is 0 Å². The molecule has 0 aromatic rings. The van der Waals surface area contributed by atoms with Crippen LogP contribution in [-0.4, -0.2) is 82.9 Å². The summed E-state index contributed by atoms with van der Waals surface area (Å²) in [7, 11) is 0. The number of rotatable bonds is 15. The molecule has 0 aliphatic carbocycles. The van der Waals surface area contributed by atoms with Gasteiger partial charge in [-0.25, -0.2) is 4.79 Å². The first-order valence-electron chi connectivity index (χ1n) is 10.1. The van der Waals surface area contributed by atoms with Gasteiger partial charge in [0.25, 0.3) is 0 Å². The molecule has 0 aliphatic heterocycles. The van der Waals surface area contributed by atoms with E-state index in [2.05, 4.69) is 33.6 Å². The van der Waals surface area contributed by atoms with Gasteiger partial charge < -0.3 is 43.4 Å². The third-order valence-corrected chi connectivity index (χ3v) is 5.12. The SMILES string of the molecule is CCC(C)C(N)C(=O)NC(CS)C(=O)NC(CO)C(=O)NC(CCCN=C(N)N)C(=O)O. The van der Waals surface area contributed by atoms with Crippen LogP contribution in [0, 0.1) is 5.92 Å². The van der Waals surface area contributed by atoms with Gasteiger partial charge in [0.1, 0.15) is 18.1 Å². The molecule has 0 aromatic heterocycles. The van der Waals surface area contributed by atoms with Crippen LogP contribution in [0.1, 0.15) is 33.1 Å². The highest BCUT2D eigenvalue weighted by molar-refractivity contribution is 7.80. The number of thiol groups is 1. The van der Waals surface area contributed by atoms with E-state index in [9.17, 15) is 29.4 Å². The van der Waals surface area contributed by atoms with Crippen molar-refractivity contribution in [2.75, 3.05) is 18.9 Å². The van der Waals surface area contributed by atoms with Gasteiger partial charge in [0.15, 0.2) is 5.96 Å². The highest BCUT2D eigenvalue weighted by Crippen LogP contribution is 2.06. The molecular weight excluding hydrogens is 442 g/mol. The molecule has 0 radical (unpaired) electrons. The Hall–Kier alpha value is -2.58. The van der Waals surface area contributed by atoms with Crippen LogP contribution in [0.15, 0.2) is 4.99 Å². The zero-order valence-corrected chi connectivity index (χ0v) is 19.2. The second-order valence-corrected chi connectivity index (χ2v) is 7.61. The Morgan fingerprint density at radius 1 is 1.00 bits per heavy atom. The van der Waals surface area contributed by atoms with E-state index in [1.807, 2.05) is 6.92 Å². The van der Waals surface area contributed by atoms with Crippen molar-refractivity contribution < 1.29 is 29.4 Å². The van der Waals surface area contributed by atoms with E-state index in [4.69, 9.17) is 17.2 Å². The molecule has 0 rings (SSSR count). The number of aliphatic imine (C=N–C) groups is 1. The van der Waals surface area contributed by atoms with Crippen LogP contribution in [0.2, 0.25) is 0 Å². The Morgan fingerprint density at radius 2 is 1.53 bits per heavy atom. The monoisotopic (exact) mass is 477 g/mol. The minimum Gasteiger partial charge on any atom is -0.480 e. The van der Waals surface area contributed by atoms with Crippen molar-refractivity contribution in [3.63, 3.8) is 0 Å². The first-order valence-corrected chi connectivity index (χ1v) is 10.8. The van der Waals surface area contributed by atoms with Crippen LogP contribution in [0.25, 0.3) is 0 Å². The second kappa shape index (κ2) is 15.3. The molecule has 0 aliphatic rings. The normalized spacial score (nSPS) is 15.4. The van der Waals surface area contributed by atoms with E-state index in [1.54, 1.807) is 6.92 Å². The maximum absolute atomic E-state index is 12.5. The average Bonchev–Trinajstić information content (AvgIpc) is 2.75. The number of carboxylic acids is 1. The predicted molar refractivity (Wildman–Crippen MR) is 122 cm³/mol. The number of carboxylic acid groups (broad SMARTS) is 1. The van der Waals surface area contributed by atoms with E-state index in [0.717, 1.165) is 0 Å². The predicted octanol–water partition coefficient (Wildman–Crippen LogP) is -3.13. The lowest BCUT2D eigenvalue weighted by atomic mass is 9.99. The number of aliphatic hydroxyl groups is 1. The molecule has 3 amide bonds. The van der Waals surface area contributed by atoms with Crippen molar-refractivity contribution in [3.8, 4) is 0 Å². The van der Waals surface area contributed by atoms with Gasteiger partial charge >= 0.3 is 5.97 Å². The maximum Gasteiger partial charge on any atom is 0.326 e. The highest BCUT2D eigenvalue weighted by atomic mass is 32.1. The van der Waals surface area contributed by atoms with Gasteiger partial charge in [-0.2, -0.15) is 12.6 Å². The summed E-state index contributed by atoms with van der Waals surface area (Å²) in [6.07, 6.45) is 0.956. The number of guanidine groups is 1. The molecule has 0 aromatic carbocycles. The summed E-state index contributed by atoms with van der Waals surface area (Å²) in [5.74, 6) is -3.88. The van der Waals surface area contributed by atoms with Crippen molar-refractivity contribution in [3.05, 3.63) is 0 Å². The standard InChI is InChI=1S/C18H35N7O6S/c1-3-9(2)13(19)16(29)25-12(8-32)15(28)24-11(7-26)14(27)23-10(17(30)31)5-4-6-22-18(20)21/h9-13,26,32H,3-8,19H2,1-2H3,(H,23,27)(H,24,28)(H,25,29)(H,30,31)(H4,20,21,22). The van der Waals surface area contributed by atoms with Crippen LogP contribution >= 0.6 is 12.6 Å². The third-order valence-electron chi connectivity index (χ3n) is 4.75. The molecule has 11 N–H and O–H groups in total. The van der Waals surface area contributed by atoms with Crippen LogP contribution in [0.4, 0.5) is 0 Å². The van der Waals surface area contributed by atoms with Crippen LogP contribution < -0.4 is 33.2 Å². The summed E-state index contributed by atoms with van der Waals surface area (Å²) in [4.78, 5) is 52.2. The summed E-state index contributed by atoms with van der Waals surface area (Å²) >= 11 is 4.03. The number of amides is 3. The van der Waals surface area contributed by atoms with E-state index >= 15 is 0 Å². The number of nitrogens with one attached hydrogen (secondary N) is 3. The Kier molecular flexibility index (Phi) is 14.0. The fourth-order valence-corrected chi connectivity index (χ4v) is 2.73. The average molecular weight is 478 g/mol. The first-order chi connectivity index (χ1) is 15.0. The molecular formula is C18H35N7O6S. The zero-order valence-electron chi connectivity index (χ0n) is 18.3. The molecule has 0 bridgehead atoms. The summed E-state index contributed by atoms with van der Waals surface area (Å²) in [5.41, 5.74) is 16.2. The first kappa shape index (κ1) is 29.4. The van der Waals surface area contributed by atoms with E-state index < -0.39 is 54.5 Å². The zero-order chi connectivity index (χ0) is 24.8. The molecule has 0 fully saturated rings. The summed E-state index contributed by atoms with van der Waals surface area (Å²) < 4.78 is 0. The van der Waals surface area contributed by atoms with Crippen LogP contribution in [0.3, 0.4) is 0 Å². The Morgan fingerprint density at radius 3 is 2.00 bits per heavy atom. The van der Waals surface area contributed by atoms with Crippen molar-refractivity contribution in [1.82, 2.24) is 16.0 Å². The van der Waals surface area contributed by atoms with Gasteiger partial charge in [-0.05, 0) is 18.8 Å². The van der Waals surface area contributed by atoms with Gasteiger partial charge in [0.2, 0.25) is 17.7 Å². The van der Waals surface area contributed by atoms with Gasteiger partial charge in [-0.3, -0.25) is 19.4 Å². The lowest BCUT2D eigenvalue weighted by Crippen LogP contribution is -2.59. The molecule has 0 saturated carbocycles. The number of nitrogens with two attached hydrogens (primary N) is 3. The molecule has 0 spiro atoms. The summed E-state index contributed by atoms with van der Waals surface area (Å²) in [5, 5.41) is 25.8. The van der Waals surface area contributed by atoms with E-state index in [-0.39, 0.29) is 37.0 Å². The molecule has 184 valence electrons. The number of carbonyl (C=O) groups is 4. The number of aliphatic hydroxyl groups excluding tert-OH is 1. The fraction of sp³-hybridized carbons (Fsp3) is 0.722. The number of aliphatic carboxylic acids is 1. The number of carbonyl (C=O) groups excluding carboxylic acids is 3. The number of nitrogens with zero attached hydrogens (tertiary/aromatic N) is 1. The van der Waals surface area contributed by atoms with E-state index in [1.165, 1.54) is 0 Å². The molecule has 13 nitrogen and oxygen atoms in total. The highest BCUT2D eigenvalue weighted by Gasteiger charge is 2.30. The topological polar surface area (TPSA) is 235 Å². The lowest BCUT2D eigenvalue weighted by Gasteiger charge is -2.24. The Bertz CT molecular complexity index is 674. The molecule has 14 heteroatoms. The molecule has 0 saturated heterocycles. The maximum atomic E-state index is 12.5. The number of hydrogen-bond acceptors (Lipinski definition) is 8. The van der Waals surface area contributed by atoms with Crippen molar-refractivity contribution in [1.29, 1.82) is 0 Å². The van der Waals surface area contributed by atoms with Gasteiger partial charge in [0.05, 0.1) is 12.6 Å². The largest absolute Gasteiger partial charge is 0.480 e. The molecule has 0 heterocycles. The third kappa shape index (κ3) is 10.6. The molecule has 5 unspecified atom stereocenters. The van der Waals surface area contributed by atoms with Gasteiger partial charge in [0, 0.05) is 12.3 Å². The smallest absolute Gasteiger partial charge is 0.326 e. The van der Waals surface area contributed by atoms with Gasteiger partial charge in [-0.15, -0.1) is 0 Å². The van der Waals surface area contributed by atoms with Crippen LogP contribution in [-0.2, 0) is 19.2 Å². The van der Waals surface area contributed by atoms with Gasteiger partial charge in [-0.1, -0.05) is 20.3 Å². The Balaban J connectivity index is 4.99. The quantitative estimate of drug-likeness (QED) is 0.0501. The molecule has 32 heavy (non-hydrogen) atoms. The van der Waals surface area contributed by atoms with Crippen molar-refractivity contribution >= 4 is 42.3 Å². The van der Waals surface area contributed by atoms with Crippen molar-refractivity contribution in [2.45, 2.75) is 57.3 Å². The minimum absolute atomic E-state index is 0.0206. The Labute approximate surface area is 192 Å². The summed E-state index contributed by atoms with van der Waals surface area (Å²) in [6, 6.07) is -4.67. The fourth-order valence-electron chi connectivity index (χ4n) is 2.47. The molecule has 5 atom stereocenters. The second-order valence-electron chi connectivity index (χ2n) is 7.25. The van der Waals surface area contributed by atoms with E-state index in [0.29, 0.717) is 6.42 Å². The number of hydrogen-bond donors (Lipinski definition) is 9. The lowest BCUT2D eigenvalue weighted by molar-refractivity contribution is -0.142. The summed E-state index contributed by atoms with van der Waals surface area (Å²) in [6.45, 7) is 3.04.